The minimum absolute atomic E-state index is 0.606. The van der Waals surface area contributed by atoms with Crippen molar-refractivity contribution in [1.29, 1.82) is 0 Å². The third-order valence-corrected chi connectivity index (χ3v) is 2.87. The van der Waals surface area contributed by atoms with Crippen LogP contribution in [-0.2, 0) is 6.54 Å². The van der Waals surface area contributed by atoms with Gasteiger partial charge in [-0.05, 0) is 0 Å². The van der Waals surface area contributed by atoms with Crippen LogP contribution in [0.15, 0.2) is 12.1 Å². The van der Waals surface area contributed by atoms with E-state index in [1.807, 2.05) is 6.07 Å². The first-order valence-corrected chi connectivity index (χ1v) is 5.84. The van der Waals surface area contributed by atoms with Crippen molar-refractivity contribution in [2.45, 2.75) is 6.54 Å². The molecule has 5 heteroatoms. The van der Waals surface area contributed by atoms with Crippen LogP contribution in [0.3, 0.4) is 0 Å². The molecular weight excluding hydrogens is 218 g/mol. The van der Waals surface area contributed by atoms with Gasteiger partial charge in [0.15, 0.2) is 0 Å². The monoisotopic (exact) mass is 237 g/mol. The summed E-state index contributed by atoms with van der Waals surface area (Å²) in [6.07, 6.45) is 0. The van der Waals surface area contributed by atoms with E-state index in [4.69, 9.17) is 9.47 Å². The molecule has 1 saturated heterocycles. The van der Waals surface area contributed by atoms with Gasteiger partial charge in [-0.2, -0.15) is 0 Å². The van der Waals surface area contributed by atoms with Crippen molar-refractivity contribution >= 4 is 0 Å². The Balaban J connectivity index is 2.07. The molecule has 2 heterocycles. The van der Waals surface area contributed by atoms with Crippen LogP contribution in [0.25, 0.3) is 0 Å². The van der Waals surface area contributed by atoms with Crippen molar-refractivity contribution in [2.24, 2.45) is 0 Å². The first kappa shape index (κ1) is 12.1. The predicted octanol–water partition coefficient (Wildman–Crippen LogP) is 0.504. The molecule has 0 amide bonds. The number of nitrogens with zero attached hydrogens (tertiary/aromatic N) is 2. The van der Waals surface area contributed by atoms with Gasteiger partial charge in [0.2, 0.25) is 5.88 Å². The maximum absolute atomic E-state index is 5.24. The minimum Gasteiger partial charge on any atom is -0.496 e. The topological polar surface area (TPSA) is 46.6 Å². The summed E-state index contributed by atoms with van der Waals surface area (Å²) in [4.78, 5) is 6.80. The van der Waals surface area contributed by atoms with Gasteiger partial charge < -0.3 is 14.8 Å². The number of nitrogens with one attached hydrogen (secondary N) is 1. The van der Waals surface area contributed by atoms with Crippen molar-refractivity contribution in [1.82, 2.24) is 15.2 Å². The van der Waals surface area contributed by atoms with Crippen LogP contribution in [0.2, 0.25) is 0 Å². The lowest BCUT2D eigenvalue weighted by Crippen LogP contribution is -2.43. The molecule has 0 unspecified atom stereocenters. The van der Waals surface area contributed by atoms with E-state index in [0.29, 0.717) is 5.88 Å². The van der Waals surface area contributed by atoms with E-state index in [-0.39, 0.29) is 0 Å². The SMILES string of the molecule is COc1cc(CN2CCNCC2)nc(OC)c1. The fourth-order valence-corrected chi connectivity index (χ4v) is 1.94. The highest BCUT2D eigenvalue weighted by molar-refractivity contribution is 5.30. The van der Waals surface area contributed by atoms with Gasteiger partial charge in [-0.25, -0.2) is 4.98 Å². The molecule has 0 atom stereocenters. The van der Waals surface area contributed by atoms with Gasteiger partial charge in [0, 0.05) is 44.9 Å². The summed E-state index contributed by atoms with van der Waals surface area (Å²) in [5.74, 6) is 1.40. The molecule has 1 aliphatic rings. The molecule has 2 rings (SSSR count). The quantitative estimate of drug-likeness (QED) is 0.826. The number of rotatable bonds is 4. The number of piperazine rings is 1. The number of hydrogen-bond donors (Lipinski definition) is 1. The Kier molecular flexibility index (Phi) is 4.17. The minimum atomic E-state index is 0.606. The normalized spacial score (nSPS) is 16.8. The molecule has 94 valence electrons. The molecule has 5 nitrogen and oxygen atoms in total. The molecular formula is C12H19N3O2. The fourth-order valence-electron chi connectivity index (χ4n) is 1.94. The summed E-state index contributed by atoms with van der Waals surface area (Å²) in [7, 11) is 3.28. The van der Waals surface area contributed by atoms with E-state index in [9.17, 15) is 0 Å². The van der Waals surface area contributed by atoms with E-state index in [2.05, 4.69) is 15.2 Å². The van der Waals surface area contributed by atoms with Crippen LogP contribution in [0, 0.1) is 0 Å². The number of methoxy groups -OCH3 is 2. The third-order valence-electron chi connectivity index (χ3n) is 2.87. The van der Waals surface area contributed by atoms with E-state index >= 15 is 0 Å². The average Bonchev–Trinajstić information content (AvgIpc) is 2.39. The molecule has 0 aromatic carbocycles. The molecule has 1 aromatic rings. The van der Waals surface area contributed by atoms with Gasteiger partial charge in [0.1, 0.15) is 5.75 Å². The van der Waals surface area contributed by atoms with Gasteiger partial charge in [-0.3, -0.25) is 4.90 Å². The van der Waals surface area contributed by atoms with Crippen molar-refractivity contribution in [2.75, 3.05) is 40.4 Å². The maximum atomic E-state index is 5.24. The second-order valence-electron chi connectivity index (χ2n) is 4.07. The van der Waals surface area contributed by atoms with Crippen LogP contribution in [-0.4, -0.2) is 50.3 Å². The molecule has 17 heavy (non-hydrogen) atoms. The molecule has 1 fully saturated rings. The molecule has 0 radical (unpaired) electrons. The Morgan fingerprint density at radius 1 is 1.24 bits per heavy atom. The molecule has 0 aliphatic carbocycles. The number of aromatic nitrogens is 1. The van der Waals surface area contributed by atoms with Crippen LogP contribution in [0.1, 0.15) is 5.69 Å². The van der Waals surface area contributed by atoms with Crippen LogP contribution in [0.5, 0.6) is 11.6 Å². The Morgan fingerprint density at radius 3 is 2.65 bits per heavy atom. The van der Waals surface area contributed by atoms with Gasteiger partial charge in [0.25, 0.3) is 0 Å². The molecule has 1 aliphatic heterocycles. The standard InChI is InChI=1S/C12H19N3O2/c1-16-11-7-10(14-12(8-11)17-2)9-15-5-3-13-4-6-15/h7-8,13H,3-6,9H2,1-2H3. The smallest absolute Gasteiger partial charge is 0.216 e. The zero-order chi connectivity index (χ0) is 12.1. The Morgan fingerprint density at radius 2 is 2.00 bits per heavy atom. The largest absolute Gasteiger partial charge is 0.496 e. The van der Waals surface area contributed by atoms with Crippen LogP contribution >= 0.6 is 0 Å². The predicted molar refractivity (Wildman–Crippen MR) is 65.5 cm³/mol. The lowest BCUT2D eigenvalue weighted by Gasteiger charge is -2.26. The summed E-state index contributed by atoms with van der Waals surface area (Å²) in [6.45, 7) is 5.04. The fraction of sp³-hybridized carbons (Fsp3) is 0.583. The van der Waals surface area contributed by atoms with Gasteiger partial charge in [-0.1, -0.05) is 0 Å². The first-order valence-electron chi connectivity index (χ1n) is 5.84. The highest BCUT2D eigenvalue weighted by Gasteiger charge is 2.12. The van der Waals surface area contributed by atoms with Gasteiger partial charge in [-0.15, -0.1) is 0 Å². The Labute approximate surface area is 102 Å². The van der Waals surface area contributed by atoms with E-state index < -0.39 is 0 Å². The highest BCUT2D eigenvalue weighted by Crippen LogP contribution is 2.19. The van der Waals surface area contributed by atoms with E-state index in [1.165, 1.54) is 0 Å². The Bertz CT molecular complexity index is 343. The van der Waals surface area contributed by atoms with Gasteiger partial charge >= 0.3 is 0 Å². The van der Waals surface area contributed by atoms with E-state index in [0.717, 1.165) is 44.2 Å². The second kappa shape index (κ2) is 5.84. The molecule has 0 bridgehead atoms. The van der Waals surface area contributed by atoms with Crippen LogP contribution in [0.4, 0.5) is 0 Å². The average molecular weight is 237 g/mol. The lowest BCUT2D eigenvalue weighted by molar-refractivity contribution is 0.229. The highest BCUT2D eigenvalue weighted by atomic mass is 16.5. The number of ether oxygens (including phenoxy) is 2. The molecule has 0 spiro atoms. The van der Waals surface area contributed by atoms with Crippen molar-refractivity contribution in [3.63, 3.8) is 0 Å². The molecule has 0 saturated carbocycles. The summed E-state index contributed by atoms with van der Waals surface area (Å²) in [5, 5.41) is 3.33. The molecule has 1 N–H and O–H groups in total. The van der Waals surface area contributed by atoms with Crippen molar-refractivity contribution in [3.05, 3.63) is 17.8 Å². The zero-order valence-corrected chi connectivity index (χ0v) is 10.4. The van der Waals surface area contributed by atoms with Crippen LogP contribution < -0.4 is 14.8 Å². The zero-order valence-electron chi connectivity index (χ0n) is 10.4. The summed E-state index contributed by atoms with van der Waals surface area (Å²) < 4.78 is 10.4. The summed E-state index contributed by atoms with van der Waals surface area (Å²) in [6, 6.07) is 3.76. The second-order valence-corrected chi connectivity index (χ2v) is 4.07. The third kappa shape index (κ3) is 3.31. The van der Waals surface area contributed by atoms with Gasteiger partial charge in [0.05, 0.1) is 19.9 Å². The van der Waals surface area contributed by atoms with E-state index in [1.54, 1.807) is 20.3 Å². The Hall–Kier alpha value is -1.33. The summed E-state index contributed by atoms with van der Waals surface area (Å²) in [5.41, 5.74) is 0.989. The summed E-state index contributed by atoms with van der Waals surface area (Å²) >= 11 is 0. The number of pyridine rings is 1. The molecule has 1 aromatic heterocycles. The van der Waals surface area contributed by atoms with Crippen molar-refractivity contribution < 1.29 is 9.47 Å². The maximum Gasteiger partial charge on any atom is 0.216 e. The number of hydrogen-bond acceptors (Lipinski definition) is 5. The van der Waals surface area contributed by atoms with Crippen molar-refractivity contribution in [3.8, 4) is 11.6 Å². The lowest BCUT2D eigenvalue weighted by atomic mass is 10.3. The first-order chi connectivity index (χ1) is 8.31.